The highest BCUT2D eigenvalue weighted by atomic mass is 19.1. The summed E-state index contributed by atoms with van der Waals surface area (Å²) in [6.07, 6.45) is 1.77. The minimum Gasteiger partial charge on any atom is -0.383 e. The van der Waals surface area contributed by atoms with Crippen LogP contribution in [0.15, 0.2) is 48.8 Å². The zero-order chi connectivity index (χ0) is 18.5. The number of fused-ring (bicyclic) bond motifs is 1. The second-order valence-electron chi connectivity index (χ2n) is 6.87. The van der Waals surface area contributed by atoms with Crippen LogP contribution in [0.25, 0.3) is 11.5 Å². The Morgan fingerprint density at radius 1 is 1.23 bits per heavy atom. The third kappa shape index (κ3) is 2.52. The molecule has 0 saturated heterocycles. The third-order valence-electron chi connectivity index (χ3n) is 4.75. The van der Waals surface area contributed by atoms with E-state index in [0.29, 0.717) is 35.3 Å². The Kier molecular flexibility index (Phi) is 3.54. The Hall–Kier alpha value is -3.22. The first-order valence-electron chi connectivity index (χ1n) is 8.28. The molecule has 0 radical (unpaired) electrons. The predicted octanol–water partition coefficient (Wildman–Crippen LogP) is 3.33. The fourth-order valence-electron chi connectivity index (χ4n) is 3.12. The second kappa shape index (κ2) is 5.66. The molecule has 0 bridgehead atoms. The minimum atomic E-state index is -0.331. The van der Waals surface area contributed by atoms with Crippen LogP contribution in [-0.2, 0) is 12.0 Å². The van der Waals surface area contributed by atoms with Crippen molar-refractivity contribution in [2.75, 3.05) is 11.1 Å². The molecule has 3 heterocycles. The van der Waals surface area contributed by atoms with E-state index in [9.17, 15) is 4.39 Å². The van der Waals surface area contributed by atoms with Gasteiger partial charge in [-0.1, -0.05) is 24.8 Å². The summed E-state index contributed by atoms with van der Waals surface area (Å²) >= 11 is 0. The number of nitrogen functional groups attached to an aromatic ring is 1. The molecule has 1 aliphatic rings. The molecule has 0 saturated carbocycles. The molecule has 0 spiro atoms. The molecule has 3 N–H and O–H groups in total. The first-order valence-corrected chi connectivity index (χ1v) is 8.28. The van der Waals surface area contributed by atoms with Gasteiger partial charge in [0.05, 0.1) is 6.54 Å². The molecular formula is C19H19FN6. The maximum Gasteiger partial charge on any atom is 0.184 e. The fourth-order valence-corrected chi connectivity index (χ4v) is 3.12. The van der Waals surface area contributed by atoms with Gasteiger partial charge >= 0.3 is 0 Å². The molecule has 1 aliphatic heterocycles. The average Bonchev–Trinajstić information content (AvgIpc) is 3.13. The van der Waals surface area contributed by atoms with Crippen molar-refractivity contribution < 1.29 is 4.39 Å². The monoisotopic (exact) mass is 350 g/mol. The maximum atomic E-state index is 13.8. The zero-order valence-electron chi connectivity index (χ0n) is 14.6. The number of rotatable bonds is 3. The second-order valence-corrected chi connectivity index (χ2v) is 6.87. The smallest absolute Gasteiger partial charge is 0.184 e. The van der Waals surface area contributed by atoms with Crippen molar-refractivity contribution in [3.63, 3.8) is 0 Å². The van der Waals surface area contributed by atoms with Crippen LogP contribution in [0.3, 0.4) is 0 Å². The molecule has 2 aromatic heterocycles. The maximum absolute atomic E-state index is 13.8. The van der Waals surface area contributed by atoms with Crippen LogP contribution >= 0.6 is 0 Å². The van der Waals surface area contributed by atoms with Gasteiger partial charge in [0.15, 0.2) is 5.82 Å². The molecule has 4 rings (SSSR count). The Morgan fingerprint density at radius 2 is 2.00 bits per heavy atom. The molecule has 0 atom stereocenters. The van der Waals surface area contributed by atoms with E-state index in [1.54, 1.807) is 35.1 Å². The fraction of sp³-hybridized carbons (Fsp3) is 0.211. The van der Waals surface area contributed by atoms with Crippen LogP contribution in [0.5, 0.6) is 0 Å². The van der Waals surface area contributed by atoms with Crippen LogP contribution in [0.2, 0.25) is 0 Å². The van der Waals surface area contributed by atoms with Gasteiger partial charge < -0.3 is 11.1 Å². The summed E-state index contributed by atoms with van der Waals surface area (Å²) in [6, 6.07) is 8.42. The Labute approximate surface area is 150 Å². The highest BCUT2D eigenvalue weighted by Crippen LogP contribution is 2.44. The van der Waals surface area contributed by atoms with Gasteiger partial charge in [-0.2, -0.15) is 5.10 Å². The number of hydrogen-bond donors (Lipinski definition) is 2. The van der Waals surface area contributed by atoms with Crippen molar-refractivity contribution in [3.8, 4) is 11.5 Å². The van der Waals surface area contributed by atoms with Crippen molar-refractivity contribution in [3.05, 3.63) is 65.7 Å². The van der Waals surface area contributed by atoms with E-state index in [1.165, 1.54) is 6.07 Å². The topological polar surface area (TPSA) is 81.7 Å². The van der Waals surface area contributed by atoms with Gasteiger partial charge in [-0.25, -0.2) is 14.4 Å². The SMILES string of the molecule is C=C1Nc2nc(-c3ccn(Cc4ccccc4F)n3)nc(N)c2C1(C)C. The summed E-state index contributed by atoms with van der Waals surface area (Å²) in [4.78, 5) is 8.97. The summed E-state index contributed by atoms with van der Waals surface area (Å²) in [5.41, 5.74) is 8.67. The lowest BCUT2D eigenvalue weighted by atomic mass is 9.85. The van der Waals surface area contributed by atoms with Crippen molar-refractivity contribution in [1.82, 2.24) is 19.7 Å². The largest absolute Gasteiger partial charge is 0.383 e. The van der Waals surface area contributed by atoms with Gasteiger partial charge in [0.1, 0.15) is 23.1 Å². The number of benzene rings is 1. The molecule has 3 aromatic rings. The van der Waals surface area contributed by atoms with E-state index in [4.69, 9.17) is 5.73 Å². The predicted molar refractivity (Wildman–Crippen MR) is 99.0 cm³/mol. The highest BCUT2D eigenvalue weighted by Gasteiger charge is 2.37. The molecule has 26 heavy (non-hydrogen) atoms. The van der Waals surface area contributed by atoms with Gasteiger partial charge in [-0.05, 0) is 26.0 Å². The van der Waals surface area contributed by atoms with Crippen LogP contribution in [0.1, 0.15) is 25.0 Å². The normalized spacial score (nSPS) is 15.0. The molecule has 7 heteroatoms. The highest BCUT2D eigenvalue weighted by molar-refractivity contribution is 5.72. The molecule has 6 nitrogen and oxygen atoms in total. The number of halogens is 1. The Balaban J connectivity index is 1.67. The van der Waals surface area contributed by atoms with E-state index < -0.39 is 0 Å². The zero-order valence-corrected chi connectivity index (χ0v) is 14.6. The molecular weight excluding hydrogens is 331 g/mol. The van der Waals surface area contributed by atoms with Crippen LogP contribution in [0, 0.1) is 5.82 Å². The van der Waals surface area contributed by atoms with E-state index in [2.05, 4.69) is 27.0 Å². The van der Waals surface area contributed by atoms with Crippen LogP contribution in [0.4, 0.5) is 16.0 Å². The number of nitrogens with zero attached hydrogens (tertiary/aromatic N) is 4. The number of anilines is 2. The molecule has 0 unspecified atom stereocenters. The number of nitrogens with two attached hydrogens (primary N) is 1. The van der Waals surface area contributed by atoms with Gasteiger partial charge in [-0.15, -0.1) is 0 Å². The van der Waals surface area contributed by atoms with E-state index in [-0.39, 0.29) is 11.2 Å². The van der Waals surface area contributed by atoms with Crippen LogP contribution in [-0.4, -0.2) is 19.7 Å². The Morgan fingerprint density at radius 3 is 2.77 bits per heavy atom. The standard InChI is InChI=1S/C19H19FN6/c1-11-19(2,3)15-16(21)23-17(24-18(15)22-11)14-8-9-26(25-14)10-12-6-4-5-7-13(12)20/h4-9H,1,10H2,2-3H3,(H3,21,22,23,24). The Bertz CT molecular complexity index is 1020. The van der Waals surface area contributed by atoms with Crippen molar-refractivity contribution in [2.24, 2.45) is 0 Å². The van der Waals surface area contributed by atoms with Gasteiger partial charge in [0, 0.05) is 28.4 Å². The number of allylic oxidation sites excluding steroid dienone is 1. The quantitative estimate of drug-likeness (QED) is 0.757. The summed E-state index contributed by atoms with van der Waals surface area (Å²) < 4.78 is 15.5. The van der Waals surface area contributed by atoms with Gasteiger partial charge in [0.2, 0.25) is 0 Å². The van der Waals surface area contributed by atoms with Gasteiger partial charge in [0.25, 0.3) is 0 Å². The number of hydrogen-bond acceptors (Lipinski definition) is 5. The van der Waals surface area contributed by atoms with E-state index in [0.717, 1.165) is 11.3 Å². The molecule has 132 valence electrons. The summed E-state index contributed by atoms with van der Waals surface area (Å²) in [5.74, 6) is 1.23. The minimum absolute atomic E-state index is 0.257. The number of aromatic nitrogens is 4. The van der Waals surface area contributed by atoms with Crippen molar-refractivity contribution in [1.29, 1.82) is 0 Å². The summed E-state index contributed by atoms with van der Waals surface area (Å²) in [7, 11) is 0. The molecule has 0 aliphatic carbocycles. The average molecular weight is 350 g/mol. The van der Waals surface area contributed by atoms with Crippen molar-refractivity contribution >= 4 is 11.6 Å². The summed E-state index contributed by atoms with van der Waals surface area (Å²) in [5, 5.41) is 7.64. The molecule has 0 amide bonds. The lowest BCUT2D eigenvalue weighted by Gasteiger charge is -2.19. The van der Waals surface area contributed by atoms with Crippen LogP contribution < -0.4 is 11.1 Å². The van der Waals surface area contributed by atoms with E-state index >= 15 is 0 Å². The lowest BCUT2D eigenvalue weighted by molar-refractivity contribution is 0.585. The number of nitrogens with one attached hydrogen (secondary N) is 1. The first kappa shape index (κ1) is 16.3. The molecule has 0 fully saturated rings. The molecule has 1 aromatic carbocycles. The van der Waals surface area contributed by atoms with Crippen molar-refractivity contribution in [2.45, 2.75) is 25.8 Å². The first-order chi connectivity index (χ1) is 12.4. The summed E-state index contributed by atoms with van der Waals surface area (Å²) in [6.45, 7) is 8.41. The third-order valence-corrected chi connectivity index (χ3v) is 4.75. The van der Waals surface area contributed by atoms with E-state index in [1.807, 2.05) is 13.8 Å². The van der Waals surface area contributed by atoms with Gasteiger partial charge in [-0.3, -0.25) is 4.68 Å². The lowest BCUT2D eigenvalue weighted by Crippen LogP contribution is -2.18.